The highest BCUT2D eigenvalue weighted by molar-refractivity contribution is 5.84. The fourth-order valence-corrected chi connectivity index (χ4v) is 4.10. The van der Waals surface area contributed by atoms with Gasteiger partial charge in [0.25, 0.3) is 5.91 Å². The van der Waals surface area contributed by atoms with Crippen LogP contribution < -0.4 is 4.74 Å². The number of amides is 1. The van der Waals surface area contributed by atoms with Crippen molar-refractivity contribution in [1.82, 2.24) is 19.8 Å². The number of carbonyl (C=O) groups excluding carboxylic acids is 1. The van der Waals surface area contributed by atoms with E-state index in [0.29, 0.717) is 31.3 Å². The van der Waals surface area contributed by atoms with Crippen LogP contribution in [0.2, 0.25) is 0 Å². The van der Waals surface area contributed by atoms with E-state index in [1.165, 1.54) is 12.1 Å². The summed E-state index contributed by atoms with van der Waals surface area (Å²) in [6.07, 6.45) is -3.38. The van der Waals surface area contributed by atoms with Crippen molar-refractivity contribution in [2.24, 2.45) is 5.92 Å². The summed E-state index contributed by atoms with van der Waals surface area (Å²) in [5.41, 5.74) is 0.148. The van der Waals surface area contributed by atoms with Crippen molar-refractivity contribution >= 4 is 5.91 Å². The third-order valence-electron chi connectivity index (χ3n) is 5.57. The second-order valence-electron chi connectivity index (χ2n) is 7.55. The van der Waals surface area contributed by atoms with Crippen molar-refractivity contribution in [2.45, 2.75) is 31.8 Å². The minimum absolute atomic E-state index is 0.00452. The van der Waals surface area contributed by atoms with Gasteiger partial charge < -0.3 is 9.64 Å². The second kappa shape index (κ2) is 7.29. The number of rotatable bonds is 4. The standard InChI is InChI=1S/C20H21F3N4O2/c1-12-24-8-7-17(25-12)29-18-15-10-27(11-16(15)26(2)19(18)28)9-13-3-5-14(6-4-13)20(21,22)23/h3-8,15-16,18H,9-11H2,1-2H3/t15-,16+,18-/m0/s1. The molecule has 9 heteroatoms. The molecule has 0 N–H and O–H groups in total. The van der Waals surface area contributed by atoms with Gasteiger partial charge in [-0.3, -0.25) is 9.69 Å². The van der Waals surface area contributed by atoms with Gasteiger partial charge in [0.15, 0.2) is 6.10 Å². The lowest BCUT2D eigenvalue weighted by Crippen LogP contribution is -2.38. The van der Waals surface area contributed by atoms with Crippen molar-refractivity contribution in [3.8, 4) is 5.88 Å². The fraction of sp³-hybridized carbons (Fsp3) is 0.450. The number of likely N-dealkylation sites (tertiary alicyclic amines) is 2. The van der Waals surface area contributed by atoms with Crippen LogP contribution in [0.5, 0.6) is 5.88 Å². The van der Waals surface area contributed by atoms with Gasteiger partial charge in [0.2, 0.25) is 5.88 Å². The van der Waals surface area contributed by atoms with E-state index in [9.17, 15) is 18.0 Å². The monoisotopic (exact) mass is 406 g/mol. The predicted molar refractivity (Wildman–Crippen MR) is 98.0 cm³/mol. The Hall–Kier alpha value is -2.68. The summed E-state index contributed by atoms with van der Waals surface area (Å²) in [4.78, 5) is 24.7. The Balaban J connectivity index is 1.45. The summed E-state index contributed by atoms with van der Waals surface area (Å²) < 4.78 is 44.1. The van der Waals surface area contributed by atoms with Gasteiger partial charge in [-0.1, -0.05) is 12.1 Å². The summed E-state index contributed by atoms with van der Waals surface area (Å²) in [7, 11) is 1.76. The van der Waals surface area contributed by atoms with Gasteiger partial charge in [-0.15, -0.1) is 0 Å². The lowest BCUT2D eigenvalue weighted by Gasteiger charge is -2.22. The fourth-order valence-electron chi connectivity index (χ4n) is 4.10. The van der Waals surface area contributed by atoms with Crippen LogP contribution in [0, 0.1) is 12.8 Å². The van der Waals surface area contributed by atoms with Crippen LogP contribution in [0.4, 0.5) is 13.2 Å². The zero-order chi connectivity index (χ0) is 20.8. The second-order valence-corrected chi connectivity index (χ2v) is 7.55. The van der Waals surface area contributed by atoms with Crippen molar-refractivity contribution in [3.05, 3.63) is 53.5 Å². The molecule has 0 unspecified atom stereocenters. The average molecular weight is 406 g/mol. The predicted octanol–water partition coefficient (Wildman–Crippen LogP) is 2.52. The number of hydrogen-bond acceptors (Lipinski definition) is 5. The summed E-state index contributed by atoms with van der Waals surface area (Å²) >= 11 is 0. The first-order valence-electron chi connectivity index (χ1n) is 9.34. The summed E-state index contributed by atoms with van der Waals surface area (Å²) in [5.74, 6) is 0.821. The number of hydrogen-bond donors (Lipinski definition) is 0. The number of halogens is 3. The molecule has 6 nitrogen and oxygen atoms in total. The smallest absolute Gasteiger partial charge is 0.416 e. The maximum atomic E-state index is 12.7. The zero-order valence-corrected chi connectivity index (χ0v) is 16.1. The number of carbonyl (C=O) groups is 1. The van der Waals surface area contributed by atoms with Gasteiger partial charge in [-0.05, 0) is 24.6 Å². The van der Waals surface area contributed by atoms with Crippen LogP contribution in [-0.2, 0) is 17.5 Å². The van der Waals surface area contributed by atoms with Crippen molar-refractivity contribution in [2.75, 3.05) is 20.1 Å². The molecular formula is C20H21F3N4O2. The molecule has 4 rings (SSSR count). The Kier molecular flexibility index (Phi) is 4.94. The Bertz CT molecular complexity index is 903. The molecule has 0 saturated carbocycles. The van der Waals surface area contributed by atoms with E-state index >= 15 is 0 Å². The molecule has 1 aromatic heterocycles. The minimum atomic E-state index is -4.34. The van der Waals surface area contributed by atoms with E-state index in [1.807, 2.05) is 0 Å². The normalized spacial score (nSPS) is 24.8. The van der Waals surface area contributed by atoms with E-state index in [2.05, 4.69) is 14.9 Å². The number of alkyl halides is 3. The molecule has 2 fully saturated rings. The van der Waals surface area contributed by atoms with Crippen LogP contribution in [0.1, 0.15) is 17.0 Å². The van der Waals surface area contributed by atoms with Crippen LogP contribution in [0.15, 0.2) is 36.5 Å². The summed E-state index contributed by atoms with van der Waals surface area (Å²) in [6.45, 7) is 3.54. The number of nitrogens with zero attached hydrogens (tertiary/aromatic N) is 4. The van der Waals surface area contributed by atoms with Gasteiger partial charge in [0.05, 0.1) is 11.6 Å². The van der Waals surface area contributed by atoms with E-state index in [1.54, 1.807) is 31.1 Å². The van der Waals surface area contributed by atoms with Gasteiger partial charge in [0, 0.05) is 44.9 Å². The topological polar surface area (TPSA) is 58.6 Å². The maximum absolute atomic E-state index is 12.7. The molecule has 0 radical (unpaired) electrons. The number of aryl methyl sites for hydroxylation is 1. The van der Waals surface area contributed by atoms with Gasteiger partial charge >= 0.3 is 6.18 Å². The molecule has 2 saturated heterocycles. The molecule has 1 aromatic carbocycles. The van der Waals surface area contributed by atoms with Crippen LogP contribution in [0.25, 0.3) is 0 Å². The molecule has 0 spiro atoms. The Morgan fingerprint density at radius 3 is 2.55 bits per heavy atom. The molecule has 0 bridgehead atoms. The largest absolute Gasteiger partial charge is 0.464 e. The van der Waals surface area contributed by atoms with Crippen LogP contribution in [-0.4, -0.2) is 58.0 Å². The number of ether oxygens (including phenoxy) is 1. The van der Waals surface area contributed by atoms with Crippen molar-refractivity contribution < 1.29 is 22.7 Å². The molecule has 2 aromatic rings. The molecule has 3 atom stereocenters. The number of fused-ring (bicyclic) bond motifs is 1. The van der Waals surface area contributed by atoms with Crippen molar-refractivity contribution in [3.63, 3.8) is 0 Å². The minimum Gasteiger partial charge on any atom is -0.464 e. The highest BCUT2D eigenvalue weighted by Crippen LogP contribution is 2.35. The van der Waals surface area contributed by atoms with Crippen LogP contribution >= 0.6 is 0 Å². The molecule has 0 aliphatic carbocycles. The number of benzene rings is 1. The first-order valence-corrected chi connectivity index (χ1v) is 9.34. The highest BCUT2D eigenvalue weighted by Gasteiger charge is 2.52. The highest BCUT2D eigenvalue weighted by atomic mass is 19.4. The maximum Gasteiger partial charge on any atom is 0.416 e. The lowest BCUT2D eigenvalue weighted by atomic mass is 10.0. The lowest BCUT2D eigenvalue weighted by molar-refractivity contribution is -0.137. The van der Waals surface area contributed by atoms with Crippen molar-refractivity contribution in [1.29, 1.82) is 0 Å². The Morgan fingerprint density at radius 1 is 1.17 bits per heavy atom. The van der Waals surface area contributed by atoms with E-state index in [4.69, 9.17) is 4.74 Å². The number of likely N-dealkylation sites (N-methyl/N-ethyl adjacent to an activating group) is 1. The van der Waals surface area contributed by atoms with Gasteiger partial charge in [0.1, 0.15) is 5.82 Å². The van der Waals surface area contributed by atoms with Gasteiger partial charge in [-0.25, -0.2) is 4.98 Å². The molecule has 29 heavy (non-hydrogen) atoms. The van der Waals surface area contributed by atoms with E-state index in [0.717, 1.165) is 17.7 Å². The van der Waals surface area contributed by atoms with Gasteiger partial charge in [-0.2, -0.15) is 18.2 Å². The quantitative estimate of drug-likeness (QED) is 0.781. The third kappa shape index (κ3) is 3.91. The summed E-state index contributed by atoms with van der Waals surface area (Å²) in [6, 6.07) is 6.84. The summed E-state index contributed by atoms with van der Waals surface area (Å²) in [5, 5.41) is 0. The zero-order valence-electron chi connectivity index (χ0n) is 16.1. The first-order chi connectivity index (χ1) is 13.7. The molecule has 3 heterocycles. The molecule has 1 amide bonds. The molecule has 2 aliphatic heterocycles. The van der Waals surface area contributed by atoms with E-state index in [-0.39, 0.29) is 17.9 Å². The first kappa shape index (κ1) is 19.6. The Morgan fingerprint density at radius 2 is 1.90 bits per heavy atom. The third-order valence-corrected chi connectivity index (χ3v) is 5.57. The average Bonchev–Trinajstić information content (AvgIpc) is 3.16. The molecular weight excluding hydrogens is 385 g/mol. The SMILES string of the molecule is Cc1nccc(O[C@@H]2C(=O)N(C)[C@@H]3CN(Cc4ccc(C(F)(F)F)cc4)C[C@H]23)n1. The molecule has 2 aliphatic rings. The van der Waals surface area contributed by atoms with Crippen LogP contribution in [0.3, 0.4) is 0 Å². The molecule has 154 valence electrons. The Labute approximate surface area is 166 Å². The van der Waals surface area contributed by atoms with E-state index < -0.39 is 17.8 Å². The number of aromatic nitrogens is 2.